The molecule has 0 atom stereocenters. The normalized spacial score (nSPS) is 10.7. The lowest BCUT2D eigenvalue weighted by Gasteiger charge is -2.08. The van der Waals surface area contributed by atoms with Gasteiger partial charge in [-0.1, -0.05) is 63.5 Å². The Morgan fingerprint density at radius 3 is 2.32 bits per heavy atom. The highest BCUT2D eigenvalue weighted by Gasteiger charge is 2.00. The molecular formula is C16H25ClFN. The molecule has 0 bridgehead atoms. The van der Waals surface area contributed by atoms with E-state index in [-0.39, 0.29) is 5.82 Å². The number of anilines is 1. The zero-order valence-corrected chi connectivity index (χ0v) is 12.6. The molecule has 0 heterocycles. The van der Waals surface area contributed by atoms with Crippen molar-refractivity contribution in [2.24, 2.45) is 0 Å². The van der Waals surface area contributed by atoms with Crippen LogP contribution < -0.4 is 5.32 Å². The van der Waals surface area contributed by atoms with Crippen LogP contribution >= 0.6 is 11.6 Å². The molecular weight excluding hydrogens is 261 g/mol. The fourth-order valence-electron chi connectivity index (χ4n) is 2.11. The molecule has 1 nitrogen and oxygen atoms in total. The molecule has 108 valence electrons. The summed E-state index contributed by atoms with van der Waals surface area (Å²) >= 11 is 5.98. The van der Waals surface area contributed by atoms with Crippen LogP contribution in [0.1, 0.15) is 58.3 Å². The van der Waals surface area contributed by atoms with Crippen LogP contribution in [0.15, 0.2) is 18.2 Å². The average molecular weight is 286 g/mol. The molecule has 0 spiro atoms. The van der Waals surface area contributed by atoms with Crippen molar-refractivity contribution in [2.75, 3.05) is 11.9 Å². The first-order chi connectivity index (χ1) is 9.24. The van der Waals surface area contributed by atoms with E-state index in [0.29, 0.717) is 10.7 Å². The van der Waals surface area contributed by atoms with Gasteiger partial charge in [-0.05, 0) is 24.6 Å². The fraction of sp³-hybridized carbons (Fsp3) is 0.625. The summed E-state index contributed by atoms with van der Waals surface area (Å²) in [6.07, 6.45) is 10.4. The summed E-state index contributed by atoms with van der Waals surface area (Å²) < 4.78 is 13.0. The van der Waals surface area contributed by atoms with Crippen molar-refractivity contribution in [3.05, 3.63) is 29.0 Å². The van der Waals surface area contributed by atoms with Gasteiger partial charge in [0.1, 0.15) is 5.82 Å². The van der Waals surface area contributed by atoms with Gasteiger partial charge in [0.15, 0.2) is 0 Å². The summed E-state index contributed by atoms with van der Waals surface area (Å²) in [5, 5.41) is 3.78. The molecule has 0 fully saturated rings. The van der Waals surface area contributed by atoms with Crippen LogP contribution in [0, 0.1) is 5.82 Å². The standard InChI is InChI=1S/C16H25ClFN/c1-2-3-4-5-6-7-8-9-12-19-16-13-14(18)10-11-15(16)17/h10-11,13,19H,2-9,12H2,1H3. The van der Waals surface area contributed by atoms with Gasteiger partial charge in [-0.3, -0.25) is 0 Å². The third-order valence-electron chi connectivity index (χ3n) is 3.27. The summed E-state index contributed by atoms with van der Waals surface area (Å²) in [4.78, 5) is 0. The van der Waals surface area contributed by atoms with E-state index in [4.69, 9.17) is 11.6 Å². The Bertz CT molecular complexity index is 355. The molecule has 1 rings (SSSR count). The molecule has 19 heavy (non-hydrogen) atoms. The number of nitrogens with one attached hydrogen (secondary N) is 1. The Balaban J connectivity index is 2.03. The monoisotopic (exact) mass is 285 g/mol. The Kier molecular flexibility index (Phi) is 8.64. The number of unbranched alkanes of at least 4 members (excludes halogenated alkanes) is 7. The molecule has 1 aromatic rings. The van der Waals surface area contributed by atoms with Crippen molar-refractivity contribution >= 4 is 17.3 Å². The lowest BCUT2D eigenvalue weighted by Crippen LogP contribution is -2.02. The van der Waals surface area contributed by atoms with Crippen molar-refractivity contribution in [3.63, 3.8) is 0 Å². The molecule has 0 aliphatic heterocycles. The van der Waals surface area contributed by atoms with E-state index in [1.54, 1.807) is 6.07 Å². The van der Waals surface area contributed by atoms with Gasteiger partial charge in [-0.25, -0.2) is 4.39 Å². The minimum absolute atomic E-state index is 0.247. The molecule has 0 aliphatic rings. The predicted octanol–water partition coefficient (Wildman–Crippen LogP) is 6.03. The van der Waals surface area contributed by atoms with E-state index < -0.39 is 0 Å². The van der Waals surface area contributed by atoms with E-state index in [1.165, 1.54) is 57.1 Å². The first-order valence-electron chi connectivity index (χ1n) is 7.43. The predicted molar refractivity (Wildman–Crippen MR) is 82.5 cm³/mol. The van der Waals surface area contributed by atoms with Crippen LogP contribution in [0.5, 0.6) is 0 Å². The third-order valence-corrected chi connectivity index (χ3v) is 3.60. The first-order valence-corrected chi connectivity index (χ1v) is 7.80. The zero-order valence-electron chi connectivity index (χ0n) is 11.9. The van der Waals surface area contributed by atoms with Gasteiger partial charge in [0, 0.05) is 6.54 Å². The van der Waals surface area contributed by atoms with Crippen molar-refractivity contribution in [1.82, 2.24) is 0 Å². The smallest absolute Gasteiger partial charge is 0.125 e. The van der Waals surface area contributed by atoms with E-state index in [0.717, 1.165) is 13.0 Å². The molecule has 0 radical (unpaired) electrons. The van der Waals surface area contributed by atoms with Gasteiger partial charge in [0.25, 0.3) is 0 Å². The SMILES string of the molecule is CCCCCCCCCCNc1cc(F)ccc1Cl. The highest BCUT2D eigenvalue weighted by molar-refractivity contribution is 6.33. The maximum atomic E-state index is 13.0. The highest BCUT2D eigenvalue weighted by Crippen LogP contribution is 2.22. The van der Waals surface area contributed by atoms with E-state index in [9.17, 15) is 4.39 Å². The lowest BCUT2D eigenvalue weighted by molar-refractivity contribution is 0.581. The Morgan fingerprint density at radius 1 is 1.00 bits per heavy atom. The van der Waals surface area contributed by atoms with Crippen LogP contribution in [-0.4, -0.2) is 6.54 Å². The Labute approximate surface area is 121 Å². The quantitative estimate of drug-likeness (QED) is 0.517. The van der Waals surface area contributed by atoms with Crippen molar-refractivity contribution in [2.45, 2.75) is 58.3 Å². The molecule has 1 aromatic carbocycles. The van der Waals surface area contributed by atoms with Gasteiger partial charge >= 0.3 is 0 Å². The van der Waals surface area contributed by atoms with Gasteiger partial charge in [0.2, 0.25) is 0 Å². The van der Waals surface area contributed by atoms with Crippen molar-refractivity contribution in [1.29, 1.82) is 0 Å². The summed E-state index contributed by atoms with van der Waals surface area (Å²) in [6.45, 7) is 3.10. The number of benzene rings is 1. The van der Waals surface area contributed by atoms with Gasteiger partial charge in [0.05, 0.1) is 10.7 Å². The molecule has 0 aliphatic carbocycles. The van der Waals surface area contributed by atoms with E-state index in [1.807, 2.05) is 0 Å². The Hall–Kier alpha value is -0.760. The fourth-order valence-corrected chi connectivity index (χ4v) is 2.30. The minimum atomic E-state index is -0.247. The molecule has 0 saturated carbocycles. The highest BCUT2D eigenvalue weighted by atomic mass is 35.5. The molecule has 0 saturated heterocycles. The second-order valence-corrected chi connectivity index (χ2v) is 5.43. The molecule has 3 heteroatoms. The number of rotatable bonds is 10. The van der Waals surface area contributed by atoms with E-state index in [2.05, 4.69) is 12.2 Å². The minimum Gasteiger partial charge on any atom is -0.384 e. The zero-order chi connectivity index (χ0) is 13.9. The van der Waals surface area contributed by atoms with Crippen LogP contribution in [0.2, 0.25) is 5.02 Å². The summed E-state index contributed by atoms with van der Waals surface area (Å²) in [5.41, 5.74) is 0.699. The maximum Gasteiger partial charge on any atom is 0.125 e. The van der Waals surface area contributed by atoms with Gasteiger partial charge < -0.3 is 5.32 Å². The number of halogens is 2. The van der Waals surface area contributed by atoms with Gasteiger partial charge in [-0.2, -0.15) is 0 Å². The van der Waals surface area contributed by atoms with Crippen LogP contribution in [0.25, 0.3) is 0 Å². The number of hydrogen-bond acceptors (Lipinski definition) is 1. The first kappa shape index (κ1) is 16.3. The molecule has 1 N–H and O–H groups in total. The maximum absolute atomic E-state index is 13.0. The van der Waals surface area contributed by atoms with Crippen LogP contribution in [-0.2, 0) is 0 Å². The average Bonchev–Trinajstić information content (AvgIpc) is 2.40. The van der Waals surface area contributed by atoms with Crippen LogP contribution in [0.3, 0.4) is 0 Å². The van der Waals surface area contributed by atoms with Crippen molar-refractivity contribution in [3.8, 4) is 0 Å². The molecule has 0 unspecified atom stereocenters. The third kappa shape index (κ3) is 7.41. The summed E-state index contributed by atoms with van der Waals surface area (Å²) in [7, 11) is 0. The summed E-state index contributed by atoms with van der Waals surface area (Å²) in [6, 6.07) is 4.42. The second-order valence-electron chi connectivity index (χ2n) is 5.03. The molecule has 0 amide bonds. The number of hydrogen-bond donors (Lipinski definition) is 1. The summed E-state index contributed by atoms with van der Waals surface area (Å²) in [5.74, 6) is -0.247. The van der Waals surface area contributed by atoms with Gasteiger partial charge in [-0.15, -0.1) is 0 Å². The van der Waals surface area contributed by atoms with Crippen LogP contribution in [0.4, 0.5) is 10.1 Å². The topological polar surface area (TPSA) is 12.0 Å². The lowest BCUT2D eigenvalue weighted by atomic mass is 10.1. The largest absolute Gasteiger partial charge is 0.384 e. The van der Waals surface area contributed by atoms with E-state index >= 15 is 0 Å². The Morgan fingerprint density at radius 2 is 1.63 bits per heavy atom. The second kappa shape index (κ2) is 10.1. The van der Waals surface area contributed by atoms with Crippen molar-refractivity contribution < 1.29 is 4.39 Å². The molecule has 0 aromatic heterocycles.